The zero-order chi connectivity index (χ0) is 15.6. The van der Waals surface area contributed by atoms with E-state index < -0.39 is 34.8 Å². The lowest BCUT2D eigenvalue weighted by Crippen LogP contribution is -2.19. The van der Waals surface area contributed by atoms with Crippen LogP contribution in [-0.2, 0) is 10.0 Å². The van der Waals surface area contributed by atoms with Gasteiger partial charge in [0.1, 0.15) is 0 Å². The number of hydrogen-bond donors (Lipinski definition) is 2. The molecule has 0 aromatic heterocycles. The fourth-order valence-corrected chi connectivity index (χ4v) is 2.84. The van der Waals surface area contributed by atoms with Crippen LogP contribution in [0.15, 0.2) is 12.1 Å². The molecule has 0 spiro atoms. The average Bonchev–Trinajstić information content (AvgIpc) is 2.23. The Morgan fingerprint density at radius 3 is 2.50 bits per heavy atom. The van der Waals surface area contributed by atoms with Crippen LogP contribution in [-0.4, -0.2) is 20.3 Å². The van der Waals surface area contributed by atoms with Gasteiger partial charge in [-0.1, -0.05) is 11.6 Å². The first-order valence-corrected chi connectivity index (χ1v) is 7.66. The number of nitrogens with two attached hydrogens (primary N) is 1. The number of nitrogens with one attached hydrogen (secondary N) is 1. The van der Waals surface area contributed by atoms with Crippen molar-refractivity contribution in [3.63, 3.8) is 0 Å². The highest BCUT2D eigenvalue weighted by Gasteiger charge is 2.27. The molecule has 1 rings (SSSR count). The van der Waals surface area contributed by atoms with Crippen molar-refractivity contribution in [1.82, 2.24) is 0 Å². The zero-order valence-corrected chi connectivity index (χ0v) is 12.2. The summed E-state index contributed by atoms with van der Waals surface area (Å²) in [4.78, 5) is 0. The first-order chi connectivity index (χ1) is 9.00. The third-order valence-corrected chi connectivity index (χ3v) is 4.17. The van der Waals surface area contributed by atoms with Crippen molar-refractivity contribution in [3.8, 4) is 0 Å². The van der Waals surface area contributed by atoms with Crippen LogP contribution in [0.5, 0.6) is 0 Å². The number of alkyl halides is 3. The van der Waals surface area contributed by atoms with Crippen molar-refractivity contribution in [2.45, 2.75) is 25.9 Å². The number of halogens is 4. The van der Waals surface area contributed by atoms with Crippen molar-refractivity contribution in [1.29, 1.82) is 0 Å². The van der Waals surface area contributed by atoms with Crippen LogP contribution in [0.3, 0.4) is 0 Å². The maximum absolute atomic E-state index is 12.0. The van der Waals surface area contributed by atoms with Gasteiger partial charge in [0.2, 0.25) is 10.0 Å². The highest BCUT2D eigenvalue weighted by molar-refractivity contribution is 7.92. The van der Waals surface area contributed by atoms with Gasteiger partial charge in [0, 0.05) is 6.42 Å². The Morgan fingerprint density at radius 2 is 1.95 bits per heavy atom. The lowest BCUT2D eigenvalue weighted by Gasteiger charge is -2.12. The normalized spacial score (nSPS) is 12.4. The molecule has 20 heavy (non-hydrogen) atoms. The first kappa shape index (κ1) is 16.9. The summed E-state index contributed by atoms with van der Waals surface area (Å²) >= 11 is 5.77. The van der Waals surface area contributed by atoms with Gasteiger partial charge in [-0.15, -0.1) is 0 Å². The molecule has 1 aromatic carbocycles. The molecule has 0 fully saturated rings. The monoisotopic (exact) mass is 330 g/mol. The molecule has 0 aliphatic carbocycles. The van der Waals surface area contributed by atoms with Crippen LogP contribution in [0.4, 0.5) is 24.5 Å². The Bertz CT molecular complexity index is 588. The summed E-state index contributed by atoms with van der Waals surface area (Å²) in [7, 11) is -3.86. The van der Waals surface area contributed by atoms with E-state index in [1.54, 1.807) is 6.92 Å². The summed E-state index contributed by atoms with van der Waals surface area (Å²) in [6, 6.07) is 2.81. The van der Waals surface area contributed by atoms with Crippen molar-refractivity contribution in [3.05, 3.63) is 22.7 Å². The number of anilines is 2. The van der Waals surface area contributed by atoms with Gasteiger partial charge in [0.25, 0.3) is 0 Å². The van der Waals surface area contributed by atoms with Crippen LogP contribution >= 0.6 is 11.6 Å². The summed E-state index contributed by atoms with van der Waals surface area (Å²) < 4.78 is 61.5. The van der Waals surface area contributed by atoms with E-state index in [1.165, 1.54) is 12.1 Å². The second kappa shape index (κ2) is 6.09. The highest BCUT2D eigenvalue weighted by atomic mass is 35.5. The highest BCUT2D eigenvalue weighted by Crippen LogP contribution is 2.28. The topological polar surface area (TPSA) is 72.2 Å². The lowest BCUT2D eigenvalue weighted by atomic mass is 10.2. The smallest absolute Gasteiger partial charge is 0.389 e. The molecule has 9 heteroatoms. The fourth-order valence-electron chi connectivity index (χ4n) is 1.49. The number of rotatable bonds is 5. The Balaban J connectivity index is 2.74. The third-order valence-electron chi connectivity index (χ3n) is 2.48. The maximum Gasteiger partial charge on any atom is 0.389 e. The third kappa shape index (κ3) is 5.46. The van der Waals surface area contributed by atoms with Gasteiger partial charge in [0.15, 0.2) is 0 Å². The molecule has 0 aliphatic heterocycles. The second-order valence-electron chi connectivity index (χ2n) is 4.33. The van der Waals surface area contributed by atoms with Gasteiger partial charge in [-0.05, 0) is 31.0 Å². The second-order valence-corrected chi connectivity index (χ2v) is 6.58. The Labute approximate surface area is 120 Å². The molecule has 0 amide bonds. The van der Waals surface area contributed by atoms with Crippen LogP contribution in [0.1, 0.15) is 18.4 Å². The van der Waals surface area contributed by atoms with Gasteiger partial charge >= 0.3 is 6.18 Å². The molecule has 0 unspecified atom stereocenters. The van der Waals surface area contributed by atoms with Gasteiger partial charge in [0.05, 0.1) is 22.2 Å². The maximum atomic E-state index is 12.0. The van der Waals surface area contributed by atoms with Crippen molar-refractivity contribution < 1.29 is 21.6 Å². The molecule has 0 bridgehead atoms. The Kier molecular flexibility index (Phi) is 5.15. The largest absolute Gasteiger partial charge is 0.398 e. The molecule has 0 heterocycles. The minimum atomic E-state index is -4.37. The fraction of sp³-hybridized carbons (Fsp3) is 0.455. The van der Waals surface area contributed by atoms with Gasteiger partial charge in [-0.3, -0.25) is 4.72 Å². The minimum Gasteiger partial charge on any atom is -0.398 e. The number of benzene rings is 1. The molecule has 114 valence electrons. The first-order valence-electron chi connectivity index (χ1n) is 5.63. The summed E-state index contributed by atoms with van der Waals surface area (Å²) in [5.74, 6) is -0.617. The summed E-state index contributed by atoms with van der Waals surface area (Å²) in [6.07, 6.45) is -6.01. The molecule has 3 N–H and O–H groups in total. The molecule has 0 saturated carbocycles. The molecule has 0 atom stereocenters. The number of nitrogen functional groups attached to an aromatic ring is 1. The predicted molar refractivity (Wildman–Crippen MR) is 73.3 cm³/mol. The van der Waals surface area contributed by atoms with Crippen LogP contribution in [0.25, 0.3) is 0 Å². The zero-order valence-electron chi connectivity index (χ0n) is 10.6. The van der Waals surface area contributed by atoms with E-state index in [9.17, 15) is 21.6 Å². The van der Waals surface area contributed by atoms with Crippen LogP contribution in [0, 0.1) is 6.92 Å². The van der Waals surface area contributed by atoms with Crippen molar-refractivity contribution in [2.24, 2.45) is 0 Å². The molecular formula is C11H14ClF3N2O2S. The van der Waals surface area contributed by atoms with Crippen molar-refractivity contribution >= 4 is 33.0 Å². The molecule has 0 saturated heterocycles. The lowest BCUT2D eigenvalue weighted by molar-refractivity contribution is -0.134. The summed E-state index contributed by atoms with van der Waals surface area (Å²) in [5, 5.41) is 0.170. The summed E-state index contributed by atoms with van der Waals surface area (Å²) in [5.41, 5.74) is 6.58. The van der Waals surface area contributed by atoms with Gasteiger partial charge < -0.3 is 5.73 Å². The van der Waals surface area contributed by atoms with E-state index in [2.05, 4.69) is 4.72 Å². The predicted octanol–water partition coefficient (Wildman–Crippen LogP) is 3.31. The minimum absolute atomic E-state index is 0.170. The van der Waals surface area contributed by atoms with Crippen molar-refractivity contribution in [2.75, 3.05) is 16.2 Å². The van der Waals surface area contributed by atoms with E-state index in [1.807, 2.05) is 0 Å². The number of hydrogen-bond acceptors (Lipinski definition) is 3. The van der Waals surface area contributed by atoms with Crippen LogP contribution < -0.4 is 10.5 Å². The van der Waals surface area contributed by atoms with Gasteiger partial charge in [-0.25, -0.2) is 8.42 Å². The number of aryl methyl sites for hydroxylation is 1. The quantitative estimate of drug-likeness (QED) is 0.813. The molecular weight excluding hydrogens is 317 g/mol. The van der Waals surface area contributed by atoms with E-state index in [0.717, 1.165) is 0 Å². The molecule has 0 aliphatic rings. The average molecular weight is 331 g/mol. The van der Waals surface area contributed by atoms with Gasteiger partial charge in [-0.2, -0.15) is 13.2 Å². The molecule has 1 aromatic rings. The standard InChI is InChI=1S/C11H14ClF3N2O2S/c1-7-5-9(16)8(12)6-10(7)17-20(18,19)4-2-3-11(13,14)15/h5-6,17H,2-4,16H2,1H3. The molecule has 0 radical (unpaired) electrons. The Morgan fingerprint density at radius 1 is 1.35 bits per heavy atom. The SMILES string of the molecule is Cc1cc(N)c(Cl)cc1NS(=O)(=O)CCCC(F)(F)F. The summed E-state index contributed by atoms with van der Waals surface area (Å²) in [6.45, 7) is 1.61. The van der Waals surface area contributed by atoms with Crippen LogP contribution in [0.2, 0.25) is 5.02 Å². The van der Waals surface area contributed by atoms with E-state index in [0.29, 0.717) is 11.3 Å². The van der Waals surface area contributed by atoms with E-state index >= 15 is 0 Å². The Hall–Kier alpha value is -1.15. The van der Waals surface area contributed by atoms with E-state index in [4.69, 9.17) is 17.3 Å². The molecule has 4 nitrogen and oxygen atoms in total. The number of sulfonamides is 1. The van der Waals surface area contributed by atoms with E-state index in [-0.39, 0.29) is 10.7 Å².